The Hall–Kier alpha value is -5.86. The second-order valence-electron chi connectivity index (χ2n) is 18.0. The highest BCUT2D eigenvalue weighted by molar-refractivity contribution is 6.28. The molecule has 8 aromatic carbocycles. The average Bonchev–Trinajstić information content (AvgIpc) is 3.22. The molecular weight excluding hydrogens is 701 g/mol. The monoisotopic (exact) mass is 754 g/mol. The minimum absolute atomic E-state index is 0.108. The molecule has 0 N–H and O–H groups in total. The topological polar surface area (TPSA) is 6.48 Å². The average molecular weight is 755 g/mol. The van der Waals surface area contributed by atoms with E-state index in [4.69, 9.17) is 0 Å². The van der Waals surface area contributed by atoms with Gasteiger partial charge in [-0.1, -0.05) is 139 Å². The third kappa shape index (κ3) is 5.23. The molecule has 0 atom stereocenters. The maximum atomic E-state index is 2.55. The van der Waals surface area contributed by atoms with Crippen LogP contribution < -0.4 is 9.80 Å². The van der Waals surface area contributed by atoms with E-state index in [-0.39, 0.29) is 10.8 Å². The second kappa shape index (κ2) is 13.3. The zero-order valence-corrected chi connectivity index (χ0v) is 35.4. The maximum absolute atomic E-state index is 2.55. The van der Waals surface area contributed by atoms with Crippen LogP contribution in [0.5, 0.6) is 0 Å². The van der Waals surface area contributed by atoms with Crippen LogP contribution in [0.3, 0.4) is 0 Å². The number of nitrogens with zero attached hydrogens (tertiary/aromatic N) is 2. The first kappa shape index (κ1) is 36.5. The van der Waals surface area contributed by atoms with Crippen molar-refractivity contribution in [2.75, 3.05) is 9.80 Å². The first-order valence-electron chi connectivity index (χ1n) is 21.5. The largest absolute Gasteiger partial charge is 0.310 e. The highest BCUT2D eigenvalue weighted by Gasteiger charge is 2.38. The first-order valence-corrected chi connectivity index (χ1v) is 21.5. The van der Waals surface area contributed by atoms with Crippen molar-refractivity contribution in [3.8, 4) is 0 Å². The quantitative estimate of drug-likeness (QED) is 0.156. The van der Waals surface area contributed by atoms with Crippen LogP contribution in [0.15, 0.2) is 133 Å². The summed E-state index contributed by atoms with van der Waals surface area (Å²) in [7, 11) is 0. The SMILES string of the molecule is CCCc1cc2c(cc1C)c1cc(N3c4ccccc4C(C)(C)c4ccccc43)cc(C)c1c1c(CCC)cc(N3c4ccccc4C(C)(C)c4ccccc43)cc21. The number of rotatable bonds is 6. The van der Waals surface area contributed by atoms with Gasteiger partial charge in [0.25, 0.3) is 0 Å². The van der Waals surface area contributed by atoms with E-state index in [9.17, 15) is 0 Å². The summed E-state index contributed by atoms with van der Waals surface area (Å²) in [6.07, 6.45) is 4.27. The molecule has 0 fully saturated rings. The molecule has 288 valence electrons. The maximum Gasteiger partial charge on any atom is 0.0502 e. The van der Waals surface area contributed by atoms with Crippen molar-refractivity contribution in [3.63, 3.8) is 0 Å². The number of benzene rings is 8. The van der Waals surface area contributed by atoms with Gasteiger partial charge < -0.3 is 9.80 Å². The van der Waals surface area contributed by atoms with Crippen LogP contribution in [0.4, 0.5) is 34.1 Å². The van der Waals surface area contributed by atoms with Gasteiger partial charge in [-0.2, -0.15) is 0 Å². The van der Waals surface area contributed by atoms with Crippen molar-refractivity contribution in [3.05, 3.63) is 178 Å². The smallest absolute Gasteiger partial charge is 0.0502 e. The van der Waals surface area contributed by atoms with Crippen LogP contribution in [0.25, 0.3) is 32.3 Å². The Morgan fingerprint density at radius 3 is 1.26 bits per heavy atom. The van der Waals surface area contributed by atoms with Crippen molar-refractivity contribution in [1.29, 1.82) is 0 Å². The Kier molecular flexibility index (Phi) is 8.40. The summed E-state index contributed by atoms with van der Waals surface area (Å²) in [5, 5.41) is 8.16. The fraction of sp³-hybridized carbons (Fsp3) is 0.250. The molecule has 2 aliphatic heterocycles. The van der Waals surface area contributed by atoms with E-state index in [0.717, 1.165) is 25.7 Å². The van der Waals surface area contributed by atoms with Gasteiger partial charge in [0.15, 0.2) is 0 Å². The number of hydrogen-bond donors (Lipinski definition) is 0. The van der Waals surface area contributed by atoms with Crippen molar-refractivity contribution >= 4 is 66.4 Å². The van der Waals surface area contributed by atoms with E-state index in [2.05, 4.69) is 199 Å². The van der Waals surface area contributed by atoms with Crippen molar-refractivity contribution in [2.45, 2.75) is 91.9 Å². The number of para-hydroxylation sites is 4. The number of anilines is 6. The van der Waals surface area contributed by atoms with E-state index >= 15 is 0 Å². The summed E-state index contributed by atoms with van der Waals surface area (Å²) in [4.78, 5) is 5.08. The van der Waals surface area contributed by atoms with Gasteiger partial charge in [0, 0.05) is 22.2 Å². The molecule has 0 saturated heterocycles. The fourth-order valence-electron chi connectivity index (χ4n) is 10.9. The van der Waals surface area contributed by atoms with E-state index < -0.39 is 0 Å². The van der Waals surface area contributed by atoms with Gasteiger partial charge in [0.1, 0.15) is 0 Å². The number of fused-ring (bicyclic) bond motifs is 10. The third-order valence-corrected chi connectivity index (χ3v) is 13.7. The van der Waals surface area contributed by atoms with Crippen molar-refractivity contribution < 1.29 is 0 Å². The lowest BCUT2D eigenvalue weighted by atomic mass is 9.73. The highest BCUT2D eigenvalue weighted by atomic mass is 15.2. The van der Waals surface area contributed by atoms with Gasteiger partial charge in [-0.3, -0.25) is 0 Å². The zero-order chi connectivity index (χ0) is 40.1. The molecule has 2 heterocycles. The Morgan fingerprint density at radius 2 is 0.793 bits per heavy atom. The molecule has 0 spiro atoms. The van der Waals surface area contributed by atoms with Gasteiger partial charge in [-0.05, 0) is 152 Å². The molecule has 0 radical (unpaired) electrons. The standard InChI is InChI=1S/C56H54N2/c1-9-19-37-32-42-41(30-35(37)3)43-33-39(57-49-25-15-11-21-45(49)55(5,6)46-22-12-16-26-50(46)57)29-36(4)53(43)54-38(20-10-2)31-40(34-44(42)54)58-51-27-17-13-23-47(51)56(7,8)48-24-14-18-28-52(48)58/h11-18,21-34H,9-10,19-20H2,1-8H3. The van der Waals surface area contributed by atoms with Crippen LogP contribution >= 0.6 is 0 Å². The summed E-state index contributed by atoms with van der Waals surface area (Å²) in [6.45, 7) is 18.8. The van der Waals surface area contributed by atoms with Crippen molar-refractivity contribution in [1.82, 2.24) is 0 Å². The normalized spacial score (nSPS) is 15.0. The van der Waals surface area contributed by atoms with Crippen LogP contribution in [0, 0.1) is 13.8 Å². The third-order valence-electron chi connectivity index (χ3n) is 13.7. The van der Waals surface area contributed by atoms with Gasteiger partial charge in [-0.15, -0.1) is 0 Å². The lowest BCUT2D eigenvalue weighted by Crippen LogP contribution is -2.30. The summed E-state index contributed by atoms with van der Waals surface area (Å²) in [5.74, 6) is 0. The molecular formula is C56H54N2. The highest BCUT2D eigenvalue weighted by Crippen LogP contribution is 2.55. The molecule has 2 aliphatic rings. The fourth-order valence-corrected chi connectivity index (χ4v) is 10.9. The van der Waals surface area contributed by atoms with Crippen LogP contribution in [-0.4, -0.2) is 0 Å². The van der Waals surface area contributed by atoms with Crippen LogP contribution in [-0.2, 0) is 23.7 Å². The molecule has 10 rings (SSSR count). The van der Waals surface area contributed by atoms with Gasteiger partial charge in [-0.25, -0.2) is 0 Å². The summed E-state index contributed by atoms with van der Waals surface area (Å²) in [6, 6.07) is 51.2. The summed E-state index contributed by atoms with van der Waals surface area (Å²) < 4.78 is 0. The predicted octanol–water partition coefficient (Wildman–Crippen LogP) is 15.9. The molecule has 0 amide bonds. The van der Waals surface area contributed by atoms with E-state index in [1.165, 1.54) is 111 Å². The van der Waals surface area contributed by atoms with Crippen molar-refractivity contribution in [2.24, 2.45) is 0 Å². The molecule has 2 nitrogen and oxygen atoms in total. The molecule has 0 aromatic heterocycles. The Balaban J connectivity index is 1.31. The lowest BCUT2D eigenvalue weighted by molar-refractivity contribution is 0.632. The Labute approximate surface area is 344 Å². The van der Waals surface area contributed by atoms with Gasteiger partial charge >= 0.3 is 0 Å². The second-order valence-corrected chi connectivity index (χ2v) is 18.0. The minimum atomic E-state index is -0.109. The summed E-state index contributed by atoms with van der Waals surface area (Å²) in [5.41, 5.74) is 18.3. The first-order chi connectivity index (χ1) is 28.0. The van der Waals surface area contributed by atoms with Crippen LogP contribution in [0.1, 0.15) is 98.9 Å². The number of hydrogen-bond acceptors (Lipinski definition) is 2. The lowest BCUT2D eigenvalue weighted by Gasteiger charge is -2.42. The molecule has 0 bridgehead atoms. The Bertz CT molecular complexity index is 2860. The molecule has 58 heavy (non-hydrogen) atoms. The van der Waals surface area contributed by atoms with Gasteiger partial charge in [0.05, 0.1) is 22.7 Å². The van der Waals surface area contributed by atoms with Gasteiger partial charge in [0.2, 0.25) is 0 Å². The van der Waals surface area contributed by atoms with E-state index in [1.54, 1.807) is 0 Å². The molecule has 2 heteroatoms. The molecule has 0 saturated carbocycles. The number of aryl methyl sites for hydroxylation is 4. The predicted molar refractivity (Wildman–Crippen MR) is 250 cm³/mol. The summed E-state index contributed by atoms with van der Waals surface area (Å²) >= 11 is 0. The zero-order valence-electron chi connectivity index (χ0n) is 35.4. The molecule has 0 unspecified atom stereocenters. The minimum Gasteiger partial charge on any atom is -0.310 e. The molecule has 8 aromatic rings. The molecule has 0 aliphatic carbocycles. The Morgan fingerprint density at radius 1 is 0.397 bits per heavy atom. The van der Waals surface area contributed by atoms with Crippen LogP contribution in [0.2, 0.25) is 0 Å². The van der Waals surface area contributed by atoms with E-state index in [0.29, 0.717) is 0 Å². The van der Waals surface area contributed by atoms with E-state index in [1.807, 2.05) is 0 Å².